The highest BCUT2D eigenvalue weighted by Gasteiger charge is 2.11. The second-order valence-corrected chi connectivity index (χ2v) is 5.00. The van der Waals surface area contributed by atoms with Crippen LogP contribution in [0.5, 0.6) is 0 Å². The fraction of sp³-hybridized carbons (Fsp3) is 0.385. The highest BCUT2D eigenvalue weighted by atomic mass is 79.9. The third kappa shape index (κ3) is 3.74. The molecule has 0 heterocycles. The molecule has 3 N–H and O–H groups in total. The van der Waals surface area contributed by atoms with Gasteiger partial charge in [-0.1, -0.05) is 41.1 Å². The van der Waals surface area contributed by atoms with Gasteiger partial charge in [-0.25, -0.2) is 0 Å². The third-order valence-electron chi connectivity index (χ3n) is 2.66. The minimum Gasteiger partial charge on any atom is -0.271 e. The number of benzene rings is 1. The first-order chi connectivity index (χ1) is 7.56. The molecule has 3 heteroatoms. The monoisotopic (exact) mass is 282 g/mol. The SMILES string of the molecule is C=C(CC)CC(NN)c1cc(C)cc(Br)c1. The Labute approximate surface area is 106 Å². The molecule has 1 atom stereocenters. The molecule has 1 aromatic rings. The van der Waals surface area contributed by atoms with Gasteiger partial charge in [-0.3, -0.25) is 11.3 Å². The van der Waals surface area contributed by atoms with Crippen LogP contribution in [-0.4, -0.2) is 0 Å². The Hall–Kier alpha value is -0.640. The molecule has 0 aliphatic heterocycles. The van der Waals surface area contributed by atoms with Gasteiger partial charge in [0.15, 0.2) is 0 Å². The summed E-state index contributed by atoms with van der Waals surface area (Å²) in [6, 6.07) is 6.48. The number of nitrogens with one attached hydrogen (secondary N) is 1. The van der Waals surface area contributed by atoms with Crippen LogP contribution in [0.4, 0.5) is 0 Å². The quantitative estimate of drug-likeness (QED) is 0.492. The molecule has 0 bridgehead atoms. The van der Waals surface area contributed by atoms with Crippen LogP contribution in [-0.2, 0) is 0 Å². The highest BCUT2D eigenvalue weighted by Crippen LogP contribution is 2.25. The number of halogens is 1. The predicted molar refractivity (Wildman–Crippen MR) is 73.0 cm³/mol. The number of hydrazine groups is 1. The van der Waals surface area contributed by atoms with Crippen LogP contribution in [0, 0.1) is 6.92 Å². The lowest BCUT2D eigenvalue weighted by Crippen LogP contribution is -2.28. The fourth-order valence-electron chi connectivity index (χ4n) is 1.67. The lowest BCUT2D eigenvalue weighted by Gasteiger charge is -2.18. The second-order valence-electron chi connectivity index (χ2n) is 4.09. The van der Waals surface area contributed by atoms with E-state index in [9.17, 15) is 0 Å². The normalized spacial score (nSPS) is 12.5. The Balaban J connectivity index is 2.90. The maximum absolute atomic E-state index is 5.60. The van der Waals surface area contributed by atoms with Crippen molar-refractivity contribution in [3.63, 3.8) is 0 Å². The van der Waals surface area contributed by atoms with Crippen molar-refractivity contribution in [1.29, 1.82) is 0 Å². The Morgan fingerprint density at radius 3 is 2.69 bits per heavy atom. The third-order valence-corrected chi connectivity index (χ3v) is 3.12. The van der Waals surface area contributed by atoms with Crippen molar-refractivity contribution in [3.8, 4) is 0 Å². The highest BCUT2D eigenvalue weighted by molar-refractivity contribution is 9.10. The zero-order chi connectivity index (χ0) is 12.1. The van der Waals surface area contributed by atoms with Crippen LogP contribution in [0.15, 0.2) is 34.8 Å². The lowest BCUT2D eigenvalue weighted by atomic mass is 9.98. The molecule has 0 saturated carbocycles. The van der Waals surface area contributed by atoms with Crippen LogP contribution < -0.4 is 11.3 Å². The smallest absolute Gasteiger partial charge is 0.0497 e. The Bertz CT molecular complexity index is 354. The molecule has 88 valence electrons. The van der Waals surface area contributed by atoms with Crippen LogP contribution in [0.3, 0.4) is 0 Å². The first-order valence-corrected chi connectivity index (χ1v) is 6.26. The van der Waals surface area contributed by atoms with E-state index in [1.165, 1.54) is 16.7 Å². The molecule has 0 aromatic heterocycles. The van der Waals surface area contributed by atoms with Crippen molar-refractivity contribution in [1.82, 2.24) is 5.43 Å². The maximum atomic E-state index is 5.60. The van der Waals surface area contributed by atoms with E-state index >= 15 is 0 Å². The van der Waals surface area contributed by atoms with Crippen LogP contribution in [0.2, 0.25) is 0 Å². The van der Waals surface area contributed by atoms with Gasteiger partial charge >= 0.3 is 0 Å². The maximum Gasteiger partial charge on any atom is 0.0497 e. The summed E-state index contributed by atoms with van der Waals surface area (Å²) in [4.78, 5) is 0. The molecule has 0 saturated heterocycles. The Kier molecular flexibility index (Phi) is 5.19. The summed E-state index contributed by atoms with van der Waals surface area (Å²) in [7, 11) is 0. The van der Waals surface area contributed by atoms with E-state index in [0.29, 0.717) is 0 Å². The van der Waals surface area contributed by atoms with Gasteiger partial charge in [-0.05, 0) is 43.0 Å². The molecule has 1 rings (SSSR count). The molecular weight excluding hydrogens is 264 g/mol. The average Bonchev–Trinajstić information content (AvgIpc) is 2.24. The topological polar surface area (TPSA) is 38.0 Å². The summed E-state index contributed by atoms with van der Waals surface area (Å²) in [6.07, 6.45) is 1.87. The molecule has 0 fully saturated rings. The summed E-state index contributed by atoms with van der Waals surface area (Å²) < 4.78 is 1.09. The first-order valence-electron chi connectivity index (χ1n) is 5.46. The number of hydrogen-bond acceptors (Lipinski definition) is 2. The molecular formula is C13H19BrN2. The number of aryl methyl sites for hydroxylation is 1. The van der Waals surface area contributed by atoms with E-state index in [1.54, 1.807) is 0 Å². The summed E-state index contributed by atoms with van der Waals surface area (Å²) in [6.45, 7) is 8.22. The van der Waals surface area contributed by atoms with Crippen molar-refractivity contribution in [2.75, 3.05) is 0 Å². The Morgan fingerprint density at radius 2 is 2.19 bits per heavy atom. The van der Waals surface area contributed by atoms with Crippen LogP contribution >= 0.6 is 15.9 Å². The van der Waals surface area contributed by atoms with Gasteiger partial charge < -0.3 is 0 Å². The van der Waals surface area contributed by atoms with Crippen LogP contribution in [0.1, 0.15) is 36.9 Å². The number of rotatable bonds is 5. The molecule has 16 heavy (non-hydrogen) atoms. The van der Waals surface area contributed by atoms with E-state index in [2.05, 4.69) is 60.0 Å². The van der Waals surface area contributed by atoms with Crippen molar-refractivity contribution in [2.24, 2.45) is 5.84 Å². The van der Waals surface area contributed by atoms with E-state index in [1.807, 2.05) is 0 Å². The molecule has 0 aliphatic carbocycles. The molecule has 1 aromatic carbocycles. The summed E-state index contributed by atoms with van der Waals surface area (Å²) >= 11 is 3.50. The first kappa shape index (κ1) is 13.4. The molecule has 1 unspecified atom stereocenters. The van der Waals surface area contributed by atoms with Gasteiger partial charge in [0.2, 0.25) is 0 Å². The van der Waals surface area contributed by atoms with Gasteiger partial charge in [0.25, 0.3) is 0 Å². The molecule has 2 nitrogen and oxygen atoms in total. The van der Waals surface area contributed by atoms with Gasteiger partial charge in [-0.2, -0.15) is 0 Å². The zero-order valence-corrected chi connectivity index (χ0v) is 11.5. The fourth-order valence-corrected chi connectivity index (χ4v) is 2.30. The second kappa shape index (κ2) is 6.18. The van der Waals surface area contributed by atoms with Crippen LogP contribution in [0.25, 0.3) is 0 Å². The van der Waals surface area contributed by atoms with Gasteiger partial charge in [-0.15, -0.1) is 0 Å². The summed E-state index contributed by atoms with van der Waals surface area (Å²) in [5.74, 6) is 5.60. The standard InChI is InChI=1S/C13H19BrN2/c1-4-9(2)7-13(16-15)11-5-10(3)6-12(14)8-11/h5-6,8,13,16H,2,4,7,15H2,1,3H3. The minimum atomic E-state index is 0.142. The van der Waals surface area contributed by atoms with E-state index < -0.39 is 0 Å². The number of nitrogens with two attached hydrogens (primary N) is 1. The molecule has 0 spiro atoms. The van der Waals surface area contributed by atoms with Gasteiger partial charge in [0.05, 0.1) is 0 Å². The molecule has 0 amide bonds. The number of hydrogen-bond donors (Lipinski definition) is 2. The molecule has 0 radical (unpaired) electrons. The Morgan fingerprint density at radius 1 is 1.50 bits per heavy atom. The van der Waals surface area contributed by atoms with E-state index in [0.717, 1.165) is 17.3 Å². The summed E-state index contributed by atoms with van der Waals surface area (Å²) in [5, 5.41) is 0. The minimum absolute atomic E-state index is 0.142. The van der Waals surface area contributed by atoms with Gasteiger partial charge in [0, 0.05) is 10.5 Å². The van der Waals surface area contributed by atoms with Gasteiger partial charge in [0.1, 0.15) is 0 Å². The van der Waals surface area contributed by atoms with Crippen molar-refractivity contribution in [3.05, 3.63) is 46.0 Å². The van der Waals surface area contributed by atoms with E-state index in [-0.39, 0.29) is 6.04 Å². The zero-order valence-electron chi connectivity index (χ0n) is 9.89. The van der Waals surface area contributed by atoms with Crippen molar-refractivity contribution >= 4 is 15.9 Å². The van der Waals surface area contributed by atoms with E-state index in [4.69, 9.17) is 5.84 Å². The van der Waals surface area contributed by atoms with Crippen molar-refractivity contribution in [2.45, 2.75) is 32.7 Å². The average molecular weight is 283 g/mol. The molecule has 0 aliphatic rings. The van der Waals surface area contributed by atoms with Crippen molar-refractivity contribution < 1.29 is 0 Å². The lowest BCUT2D eigenvalue weighted by molar-refractivity contribution is 0.544. The largest absolute Gasteiger partial charge is 0.271 e. The predicted octanol–water partition coefficient (Wildman–Crippen LogP) is 3.62. The summed E-state index contributed by atoms with van der Waals surface area (Å²) in [5.41, 5.74) is 6.49.